The second-order valence-corrected chi connectivity index (χ2v) is 6.32. The molecule has 0 aliphatic rings. The molecular weight excluding hydrogens is 312 g/mol. The maximum absolute atomic E-state index is 12.6. The molecule has 23 heavy (non-hydrogen) atoms. The molecule has 6 nitrogen and oxygen atoms in total. The van der Waals surface area contributed by atoms with Gasteiger partial charge in [-0.2, -0.15) is 0 Å². The number of hydrogen-bond donors (Lipinski definition) is 2. The highest BCUT2D eigenvalue weighted by Crippen LogP contribution is 2.26. The van der Waals surface area contributed by atoms with Crippen molar-refractivity contribution in [3.63, 3.8) is 0 Å². The molecule has 1 aromatic heterocycles. The number of benzene rings is 2. The zero-order valence-corrected chi connectivity index (χ0v) is 12.9. The smallest absolute Gasteiger partial charge is 0.258 e. The average Bonchev–Trinajstić information content (AvgIpc) is 2.62. The Morgan fingerprint density at radius 2 is 1.43 bits per heavy atom. The second kappa shape index (κ2) is 6.55. The van der Waals surface area contributed by atoms with E-state index >= 15 is 0 Å². The summed E-state index contributed by atoms with van der Waals surface area (Å²) < 4.78 is 25.1. The Labute approximate surface area is 134 Å². The highest BCUT2D eigenvalue weighted by Gasteiger charge is 2.19. The van der Waals surface area contributed by atoms with Gasteiger partial charge < -0.3 is 0 Å². The van der Waals surface area contributed by atoms with E-state index in [0.29, 0.717) is 5.56 Å². The predicted molar refractivity (Wildman–Crippen MR) is 87.9 cm³/mol. The van der Waals surface area contributed by atoms with E-state index in [1.807, 2.05) is 30.3 Å². The van der Waals surface area contributed by atoms with E-state index in [2.05, 4.69) is 20.2 Å². The van der Waals surface area contributed by atoms with Crippen LogP contribution in [-0.2, 0) is 10.0 Å². The van der Waals surface area contributed by atoms with E-state index in [1.165, 1.54) is 12.4 Å². The Bertz CT molecular complexity index is 884. The highest BCUT2D eigenvalue weighted by atomic mass is 32.2. The summed E-state index contributed by atoms with van der Waals surface area (Å²) in [6.07, 6.45) is 3.03. The van der Waals surface area contributed by atoms with Crippen molar-refractivity contribution in [2.75, 3.05) is 5.43 Å². The number of rotatable bonds is 5. The van der Waals surface area contributed by atoms with Crippen molar-refractivity contribution in [2.24, 2.45) is 0 Å². The molecule has 7 heteroatoms. The molecular formula is C16H14N4O2S. The molecule has 2 aromatic carbocycles. The van der Waals surface area contributed by atoms with E-state index in [9.17, 15) is 8.42 Å². The van der Waals surface area contributed by atoms with Gasteiger partial charge in [-0.25, -0.2) is 18.4 Å². The molecule has 3 rings (SSSR count). The molecule has 0 saturated carbocycles. The summed E-state index contributed by atoms with van der Waals surface area (Å²) in [6.45, 7) is 0. The summed E-state index contributed by atoms with van der Waals surface area (Å²) in [5.41, 5.74) is 3.95. The van der Waals surface area contributed by atoms with Crippen molar-refractivity contribution < 1.29 is 8.42 Å². The van der Waals surface area contributed by atoms with Crippen LogP contribution in [-0.4, -0.2) is 18.4 Å². The first-order valence-electron chi connectivity index (χ1n) is 6.86. The Kier molecular flexibility index (Phi) is 4.31. The maximum atomic E-state index is 12.6. The Morgan fingerprint density at radius 1 is 0.783 bits per heavy atom. The number of nitrogens with zero attached hydrogens (tertiary/aromatic N) is 2. The van der Waals surface area contributed by atoms with E-state index in [4.69, 9.17) is 0 Å². The quantitative estimate of drug-likeness (QED) is 0.704. The van der Waals surface area contributed by atoms with Gasteiger partial charge in [0, 0.05) is 18.0 Å². The van der Waals surface area contributed by atoms with Crippen LogP contribution in [0.1, 0.15) is 0 Å². The number of hydrogen-bond acceptors (Lipinski definition) is 5. The first-order valence-corrected chi connectivity index (χ1v) is 8.34. The van der Waals surface area contributed by atoms with Crippen molar-refractivity contribution in [3.05, 3.63) is 73.1 Å². The van der Waals surface area contributed by atoms with Crippen molar-refractivity contribution >= 4 is 16.0 Å². The minimum Gasteiger partial charge on any atom is -0.276 e. The summed E-state index contributed by atoms with van der Waals surface area (Å²) >= 11 is 0. The van der Waals surface area contributed by atoms with Crippen LogP contribution >= 0.6 is 0 Å². The van der Waals surface area contributed by atoms with Crippen molar-refractivity contribution in [1.82, 2.24) is 14.8 Å². The highest BCUT2D eigenvalue weighted by molar-refractivity contribution is 7.89. The number of aromatic nitrogens is 2. The molecule has 0 saturated heterocycles. The van der Waals surface area contributed by atoms with Crippen molar-refractivity contribution in [2.45, 2.75) is 4.90 Å². The minimum atomic E-state index is -3.78. The largest absolute Gasteiger partial charge is 0.276 e. The fourth-order valence-corrected chi connectivity index (χ4v) is 3.16. The molecule has 0 atom stereocenters. The molecule has 3 aromatic rings. The van der Waals surface area contributed by atoms with E-state index < -0.39 is 10.0 Å². The zero-order chi connectivity index (χ0) is 16.1. The van der Waals surface area contributed by atoms with Gasteiger partial charge in [0.15, 0.2) is 0 Å². The van der Waals surface area contributed by atoms with Crippen LogP contribution in [0.15, 0.2) is 78.0 Å². The van der Waals surface area contributed by atoms with Crippen LogP contribution < -0.4 is 10.3 Å². The van der Waals surface area contributed by atoms with Gasteiger partial charge in [-0.1, -0.05) is 48.5 Å². The Morgan fingerprint density at radius 3 is 2.17 bits per heavy atom. The molecule has 0 amide bonds. The standard InChI is InChI=1S/C16H14N4O2S/c21-23(22,20-19-16-17-11-6-12-18-16)15-10-5-4-9-14(15)13-7-2-1-3-8-13/h1-12,20H,(H,17,18,19). The fourth-order valence-electron chi connectivity index (χ4n) is 2.09. The normalized spacial score (nSPS) is 11.1. The number of sulfonamides is 1. The maximum Gasteiger partial charge on any atom is 0.258 e. The van der Waals surface area contributed by atoms with E-state index in [-0.39, 0.29) is 10.8 Å². The molecule has 0 radical (unpaired) electrons. The predicted octanol–water partition coefficient (Wildman–Crippen LogP) is 2.45. The molecule has 0 spiro atoms. The first kappa shape index (κ1) is 15.1. The molecule has 0 aliphatic heterocycles. The molecule has 0 unspecified atom stereocenters. The van der Waals surface area contributed by atoms with E-state index in [0.717, 1.165) is 5.56 Å². The average molecular weight is 326 g/mol. The van der Waals surface area contributed by atoms with Gasteiger partial charge in [0.25, 0.3) is 10.0 Å². The number of hydrazine groups is 1. The molecule has 0 bridgehead atoms. The topological polar surface area (TPSA) is 84.0 Å². The molecule has 0 aliphatic carbocycles. The van der Waals surface area contributed by atoms with Gasteiger partial charge >= 0.3 is 0 Å². The fraction of sp³-hybridized carbons (Fsp3) is 0. The van der Waals surface area contributed by atoms with Crippen molar-refractivity contribution in [3.8, 4) is 11.1 Å². The molecule has 116 valence electrons. The Balaban J connectivity index is 1.92. The lowest BCUT2D eigenvalue weighted by molar-refractivity contribution is 0.587. The summed E-state index contributed by atoms with van der Waals surface area (Å²) in [4.78, 5) is 10.3. The molecule has 1 heterocycles. The third kappa shape index (κ3) is 3.53. The Hall–Kier alpha value is -2.77. The monoisotopic (exact) mass is 326 g/mol. The van der Waals surface area contributed by atoms with Crippen LogP contribution in [0.3, 0.4) is 0 Å². The second-order valence-electron chi connectivity index (χ2n) is 4.67. The van der Waals surface area contributed by atoms with Gasteiger partial charge in [-0.05, 0) is 17.7 Å². The lowest BCUT2D eigenvalue weighted by Crippen LogP contribution is -2.30. The molecule has 0 fully saturated rings. The van der Waals surface area contributed by atoms with Crippen LogP contribution in [0.25, 0.3) is 11.1 Å². The summed E-state index contributed by atoms with van der Waals surface area (Å²) in [5, 5.41) is 0. The van der Waals surface area contributed by atoms with Gasteiger partial charge in [0.2, 0.25) is 5.95 Å². The van der Waals surface area contributed by atoms with Crippen LogP contribution in [0.4, 0.5) is 5.95 Å². The lowest BCUT2D eigenvalue weighted by Gasteiger charge is -2.12. The summed E-state index contributed by atoms with van der Waals surface area (Å²) in [5.74, 6) is 0.174. The van der Waals surface area contributed by atoms with Crippen LogP contribution in [0.5, 0.6) is 0 Å². The molecule has 2 N–H and O–H groups in total. The third-order valence-corrected chi connectivity index (χ3v) is 4.43. The minimum absolute atomic E-state index is 0.174. The van der Waals surface area contributed by atoms with Gasteiger partial charge in [-0.15, -0.1) is 4.83 Å². The number of nitrogens with one attached hydrogen (secondary N) is 2. The van der Waals surface area contributed by atoms with Crippen LogP contribution in [0, 0.1) is 0 Å². The zero-order valence-electron chi connectivity index (χ0n) is 12.0. The van der Waals surface area contributed by atoms with Gasteiger partial charge in [0.1, 0.15) is 0 Å². The lowest BCUT2D eigenvalue weighted by atomic mass is 10.1. The van der Waals surface area contributed by atoms with E-state index in [1.54, 1.807) is 30.3 Å². The first-order chi connectivity index (χ1) is 11.2. The summed E-state index contributed by atoms with van der Waals surface area (Å²) in [7, 11) is -3.78. The van der Waals surface area contributed by atoms with Crippen molar-refractivity contribution in [1.29, 1.82) is 0 Å². The van der Waals surface area contributed by atoms with Crippen LogP contribution in [0.2, 0.25) is 0 Å². The van der Waals surface area contributed by atoms with Gasteiger partial charge in [0.05, 0.1) is 4.90 Å². The number of anilines is 1. The SMILES string of the molecule is O=S(=O)(NNc1ncccn1)c1ccccc1-c1ccccc1. The summed E-state index contributed by atoms with van der Waals surface area (Å²) in [6, 6.07) is 17.8. The third-order valence-electron chi connectivity index (χ3n) is 3.12. The van der Waals surface area contributed by atoms with Gasteiger partial charge in [-0.3, -0.25) is 5.43 Å².